The van der Waals surface area contributed by atoms with Crippen molar-refractivity contribution in [3.05, 3.63) is 18.0 Å². The van der Waals surface area contributed by atoms with Crippen molar-refractivity contribution in [3.63, 3.8) is 0 Å². The van der Waals surface area contributed by atoms with Crippen LogP contribution in [0.2, 0.25) is 0 Å². The summed E-state index contributed by atoms with van der Waals surface area (Å²) in [5.74, 6) is 0. The standard InChI is InChI=1S/C9H12N2S/c1-6-2-3-8-9(12-6)4-7(10)5-11-8/h4-6H,2-3,10H2,1H3. The third kappa shape index (κ3) is 1.41. The zero-order valence-corrected chi connectivity index (χ0v) is 7.90. The zero-order chi connectivity index (χ0) is 8.55. The molecule has 3 heteroatoms. The van der Waals surface area contributed by atoms with Gasteiger partial charge in [-0.05, 0) is 18.9 Å². The first-order valence-electron chi connectivity index (χ1n) is 4.17. The summed E-state index contributed by atoms with van der Waals surface area (Å²) < 4.78 is 0. The van der Waals surface area contributed by atoms with Crippen molar-refractivity contribution in [2.45, 2.75) is 29.9 Å². The normalized spacial score (nSPS) is 21.9. The number of nitrogen functional groups attached to an aromatic ring is 1. The molecule has 64 valence electrons. The second-order valence-corrected chi connectivity index (χ2v) is 4.66. The molecule has 0 fully saturated rings. The molecular formula is C9H12N2S. The van der Waals surface area contributed by atoms with Crippen LogP contribution in [-0.4, -0.2) is 10.2 Å². The van der Waals surface area contributed by atoms with Crippen LogP contribution in [0.15, 0.2) is 17.2 Å². The van der Waals surface area contributed by atoms with Gasteiger partial charge < -0.3 is 5.73 Å². The molecule has 0 radical (unpaired) electrons. The molecule has 1 unspecified atom stereocenters. The molecule has 0 spiro atoms. The lowest BCUT2D eigenvalue weighted by Gasteiger charge is -2.19. The van der Waals surface area contributed by atoms with Crippen LogP contribution in [0.4, 0.5) is 5.69 Å². The molecule has 2 rings (SSSR count). The van der Waals surface area contributed by atoms with E-state index in [4.69, 9.17) is 5.73 Å². The van der Waals surface area contributed by atoms with Crippen LogP contribution in [0.1, 0.15) is 19.0 Å². The van der Waals surface area contributed by atoms with Gasteiger partial charge in [-0.1, -0.05) is 6.92 Å². The number of thioether (sulfide) groups is 1. The molecular weight excluding hydrogens is 168 g/mol. The molecule has 0 saturated heterocycles. The molecule has 12 heavy (non-hydrogen) atoms. The van der Waals surface area contributed by atoms with Crippen LogP contribution < -0.4 is 5.73 Å². The van der Waals surface area contributed by atoms with E-state index in [-0.39, 0.29) is 0 Å². The summed E-state index contributed by atoms with van der Waals surface area (Å²) in [6.45, 7) is 2.25. The monoisotopic (exact) mass is 180 g/mol. The van der Waals surface area contributed by atoms with Crippen LogP contribution in [0, 0.1) is 0 Å². The van der Waals surface area contributed by atoms with Crippen LogP contribution in [0.5, 0.6) is 0 Å². The molecule has 2 nitrogen and oxygen atoms in total. The molecule has 0 aliphatic carbocycles. The van der Waals surface area contributed by atoms with E-state index in [2.05, 4.69) is 11.9 Å². The lowest BCUT2D eigenvalue weighted by Crippen LogP contribution is -2.08. The van der Waals surface area contributed by atoms with Crippen molar-refractivity contribution in [3.8, 4) is 0 Å². The molecule has 1 aromatic heterocycles. The largest absolute Gasteiger partial charge is 0.397 e. The molecule has 0 aromatic carbocycles. The molecule has 0 amide bonds. The second-order valence-electron chi connectivity index (χ2n) is 3.18. The third-order valence-electron chi connectivity index (χ3n) is 2.07. The van der Waals surface area contributed by atoms with Gasteiger partial charge in [0.05, 0.1) is 17.6 Å². The Hall–Kier alpha value is -0.700. The first-order chi connectivity index (χ1) is 5.75. The number of nitrogens with zero attached hydrogens (tertiary/aromatic N) is 1. The van der Waals surface area contributed by atoms with E-state index < -0.39 is 0 Å². The Morgan fingerprint density at radius 3 is 3.33 bits per heavy atom. The number of aromatic nitrogens is 1. The summed E-state index contributed by atoms with van der Waals surface area (Å²) in [5, 5.41) is 0.709. The number of aryl methyl sites for hydroxylation is 1. The summed E-state index contributed by atoms with van der Waals surface area (Å²) in [5.41, 5.74) is 7.64. The number of hydrogen-bond acceptors (Lipinski definition) is 3. The van der Waals surface area contributed by atoms with Gasteiger partial charge in [0.25, 0.3) is 0 Å². The summed E-state index contributed by atoms with van der Waals surface area (Å²) in [6.07, 6.45) is 4.08. The highest BCUT2D eigenvalue weighted by Crippen LogP contribution is 2.34. The number of fused-ring (bicyclic) bond motifs is 1. The fraction of sp³-hybridized carbons (Fsp3) is 0.444. The Kier molecular flexibility index (Phi) is 1.97. The molecule has 1 aliphatic rings. The Balaban J connectivity index is 2.37. The van der Waals surface area contributed by atoms with Gasteiger partial charge in [0, 0.05) is 10.1 Å². The summed E-state index contributed by atoms with van der Waals surface area (Å²) in [4.78, 5) is 5.58. The maximum Gasteiger partial charge on any atom is 0.0541 e. The van der Waals surface area contributed by atoms with Gasteiger partial charge in [0.1, 0.15) is 0 Å². The summed E-state index contributed by atoms with van der Waals surface area (Å²) in [7, 11) is 0. The molecule has 0 bridgehead atoms. The number of nitrogens with two attached hydrogens (primary N) is 1. The predicted molar refractivity (Wildman–Crippen MR) is 52.3 cm³/mol. The summed E-state index contributed by atoms with van der Waals surface area (Å²) in [6, 6.07) is 2.03. The van der Waals surface area contributed by atoms with Crippen molar-refractivity contribution in [1.29, 1.82) is 0 Å². The fourth-order valence-corrected chi connectivity index (χ4v) is 2.56. The Morgan fingerprint density at radius 1 is 1.67 bits per heavy atom. The first-order valence-corrected chi connectivity index (χ1v) is 5.05. The molecule has 2 heterocycles. The van der Waals surface area contributed by atoms with Gasteiger partial charge in [-0.3, -0.25) is 4.98 Å². The number of anilines is 1. The van der Waals surface area contributed by atoms with Crippen LogP contribution in [0.25, 0.3) is 0 Å². The van der Waals surface area contributed by atoms with Gasteiger partial charge in [-0.2, -0.15) is 0 Å². The van der Waals surface area contributed by atoms with Crippen molar-refractivity contribution < 1.29 is 0 Å². The zero-order valence-electron chi connectivity index (χ0n) is 7.08. The Morgan fingerprint density at radius 2 is 2.50 bits per heavy atom. The molecule has 2 N–H and O–H groups in total. The fourth-order valence-electron chi connectivity index (χ4n) is 1.39. The third-order valence-corrected chi connectivity index (χ3v) is 3.31. The van der Waals surface area contributed by atoms with E-state index in [0.717, 1.165) is 12.1 Å². The molecule has 0 saturated carbocycles. The van der Waals surface area contributed by atoms with Crippen molar-refractivity contribution in [2.24, 2.45) is 0 Å². The first kappa shape index (κ1) is 7.92. The predicted octanol–water partition coefficient (Wildman–Crippen LogP) is 2.09. The van der Waals surface area contributed by atoms with Crippen LogP contribution >= 0.6 is 11.8 Å². The Bertz CT molecular complexity index is 299. The maximum absolute atomic E-state index is 5.65. The van der Waals surface area contributed by atoms with Crippen molar-refractivity contribution in [2.75, 3.05) is 5.73 Å². The maximum atomic E-state index is 5.65. The molecule has 1 aliphatic heterocycles. The van der Waals surface area contributed by atoms with E-state index in [0.29, 0.717) is 5.25 Å². The van der Waals surface area contributed by atoms with E-state index in [1.54, 1.807) is 6.20 Å². The quantitative estimate of drug-likeness (QED) is 0.664. The lowest BCUT2D eigenvalue weighted by molar-refractivity contribution is 0.756. The number of rotatable bonds is 0. The highest BCUT2D eigenvalue weighted by atomic mass is 32.2. The van der Waals surface area contributed by atoms with E-state index >= 15 is 0 Å². The second kappa shape index (κ2) is 2.98. The minimum Gasteiger partial charge on any atom is -0.397 e. The van der Waals surface area contributed by atoms with Gasteiger partial charge in [-0.25, -0.2) is 0 Å². The average Bonchev–Trinajstić information content (AvgIpc) is 2.03. The highest BCUT2D eigenvalue weighted by Gasteiger charge is 2.16. The van der Waals surface area contributed by atoms with Gasteiger partial charge in [0.2, 0.25) is 0 Å². The smallest absolute Gasteiger partial charge is 0.0541 e. The van der Waals surface area contributed by atoms with Gasteiger partial charge >= 0.3 is 0 Å². The number of pyridine rings is 1. The lowest BCUT2D eigenvalue weighted by atomic mass is 10.1. The van der Waals surface area contributed by atoms with E-state index in [1.165, 1.54) is 17.0 Å². The minimum absolute atomic E-state index is 0.709. The van der Waals surface area contributed by atoms with Crippen molar-refractivity contribution in [1.82, 2.24) is 4.98 Å². The van der Waals surface area contributed by atoms with Crippen LogP contribution in [0.3, 0.4) is 0 Å². The van der Waals surface area contributed by atoms with E-state index in [1.807, 2.05) is 17.8 Å². The summed E-state index contributed by atoms with van der Waals surface area (Å²) >= 11 is 1.88. The Labute approximate surface area is 76.6 Å². The number of hydrogen-bond donors (Lipinski definition) is 1. The van der Waals surface area contributed by atoms with Gasteiger partial charge in [-0.15, -0.1) is 11.8 Å². The van der Waals surface area contributed by atoms with E-state index in [9.17, 15) is 0 Å². The van der Waals surface area contributed by atoms with Gasteiger partial charge in [0.15, 0.2) is 0 Å². The van der Waals surface area contributed by atoms with Crippen molar-refractivity contribution >= 4 is 17.4 Å². The SMILES string of the molecule is CC1CCc2ncc(N)cc2S1. The molecule has 1 atom stereocenters. The van der Waals surface area contributed by atoms with Crippen LogP contribution in [-0.2, 0) is 6.42 Å². The average molecular weight is 180 g/mol. The minimum atomic E-state index is 0.709. The highest BCUT2D eigenvalue weighted by molar-refractivity contribution is 8.00. The topological polar surface area (TPSA) is 38.9 Å². The molecule has 1 aromatic rings.